The molecule has 0 saturated heterocycles. The van der Waals surface area contributed by atoms with Crippen LogP contribution in [0.4, 0.5) is 0 Å². The first kappa shape index (κ1) is 11.0. The zero-order valence-corrected chi connectivity index (χ0v) is 8.60. The molecule has 0 aromatic heterocycles. The third kappa shape index (κ3) is 2.70. The summed E-state index contributed by atoms with van der Waals surface area (Å²) in [4.78, 5) is 11.6. The first-order valence-corrected chi connectivity index (χ1v) is 4.91. The van der Waals surface area contributed by atoms with Crippen LogP contribution in [0.3, 0.4) is 0 Å². The average molecular weight is 195 g/mol. The van der Waals surface area contributed by atoms with Gasteiger partial charge in [0, 0.05) is 0 Å². The number of hydrogen-bond acceptors (Lipinski definition) is 2. The SMILES string of the molecule is CC(C)C(CO)NC(=O)C1C=CC=C1. The molecule has 0 heterocycles. The van der Waals surface area contributed by atoms with E-state index in [1.807, 2.05) is 38.2 Å². The third-order valence-electron chi connectivity index (χ3n) is 2.38. The molecule has 2 N–H and O–H groups in total. The molecule has 3 nitrogen and oxygen atoms in total. The van der Waals surface area contributed by atoms with E-state index in [0.717, 1.165) is 0 Å². The summed E-state index contributed by atoms with van der Waals surface area (Å²) in [5.74, 6) is 0.0452. The molecule has 1 aliphatic rings. The van der Waals surface area contributed by atoms with Crippen molar-refractivity contribution in [3.05, 3.63) is 24.3 Å². The van der Waals surface area contributed by atoms with Gasteiger partial charge in [0.25, 0.3) is 0 Å². The fourth-order valence-corrected chi connectivity index (χ4v) is 1.31. The lowest BCUT2D eigenvalue weighted by atomic mass is 10.0. The second kappa shape index (κ2) is 4.96. The number of amides is 1. The van der Waals surface area contributed by atoms with Gasteiger partial charge < -0.3 is 10.4 Å². The van der Waals surface area contributed by atoms with Crippen LogP contribution < -0.4 is 5.32 Å². The van der Waals surface area contributed by atoms with E-state index in [4.69, 9.17) is 5.11 Å². The van der Waals surface area contributed by atoms with Gasteiger partial charge >= 0.3 is 0 Å². The van der Waals surface area contributed by atoms with Crippen molar-refractivity contribution in [2.75, 3.05) is 6.61 Å². The molecular weight excluding hydrogens is 178 g/mol. The molecule has 0 spiro atoms. The fourth-order valence-electron chi connectivity index (χ4n) is 1.31. The van der Waals surface area contributed by atoms with E-state index in [1.165, 1.54) is 0 Å². The lowest BCUT2D eigenvalue weighted by Crippen LogP contribution is -2.43. The second-order valence-corrected chi connectivity index (χ2v) is 3.84. The molecular formula is C11H17NO2. The summed E-state index contributed by atoms with van der Waals surface area (Å²) in [7, 11) is 0. The molecule has 1 amide bonds. The Balaban J connectivity index is 2.46. The minimum Gasteiger partial charge on any atom is -0.394 e. The van der Waals surface area contributed by atoms with Crippen LogP contribution in [-0.2, 0) is 4.79 Å². The van der Waals surface area contributed by atoms with Crippen LogP contribution in [0.5, 0.6) is 0 Å². The average Bonchev–Trinajstić information content (AvgIpc) is 2.65. The van der Waals surface area contributed by atoms with Gasteiger partial charge in [-0.3, -0.25) is 4.79 Å². The van der Waals surface area contributed by atoms with Crippen LogP contribution in [0.1, 0.15) is 13.8 Å². The van der Waals surface area contributed by atoms with E-state index in [9.17, 15) is 4.79 Å². The Bertz CT molecular complexity index is 244. The highest BCUT2D eigenvalue weighted by Gasteiger charge is 2.19. The first-order chi connectivity index (χ1) is 6.65. The maximum absolute atomic E-state index is 11.6. The predicted molar refractivity (Wildman–Crippen MR) is 55.6 cm³/mol. The van der Waals surface area contributed by atoms with E-state index in [-0.39, 0.29) is 30.4 Å². The molecule has 0 aliphatic heterocycles. The molecule has 0 bridgehead atoms. The van der Waals surface area contributed by atoms with Gasteiger partial charge in [0.15, 0.2) is 0 Å². The number of aliphatic hydroxyl groups is 1. The van der Waals surface area contributed by atoms with E-state index in [0.29, 0.717) is 0 Å². The number of aliphatic hydroxyl groups excluding tert-OH is 1. The maximum atomic E-state index is 11.6. The molecule has 1 unspecified atom stereocenters. The Kier molecular flexibility index (Phi) is 3.89. The van der Waals surface area contributed by atoms with E-state index in [1.54, 1.807) is 0 Å². The molecule has 0 radical (unpaired) electrons. The third-order valence-corrected chi connectivity index (χ3v) is 2.38. The predicted octanol–water partition coefficient (Wildman–Crippen LogP) is 0.862. The van der Waals surface area contributed by atoms with Gasteiger partial charge in [-0.25, -0.2) is 0 Å². The van der Waals surface area contributed by atoms with Crippen molar-refractivity contribution in [1.82, 2.24) is 5.32 Å². The molecule has 3 heteroatoms. The summed E-state index contributed by atoms with van der Waals surface area (Å²) < 4.78 is 0. The van der Waals surface area contributed by atoms with Gasteiger partial charge in [0.1, 0.15) is 0 Å². The van der Waals surface area contributed by atoms with Crippen LogP contribution in [0, 0.1) is 11.8 Å². The van der Waals surface area contributed by atoms with Crippen molar-refractivity contribution in [2.45, 2.75) is 19.9 Å². The summed E-state index contributed by atoms with van der Waals surface area (Å²) >= 11 is 0. The number of carbonyl (C=O) groups excluding carboxylic acids is 1. The number of hydrogen-bond donors (Lipinski definition) is 2. The Labute approximate surface area is 84.5 Å². The van der Waals surface area contributed by atoms with Gasteiger partial charge in [0.05, 0.1) is 18.6 Å². The highest BCUT2D eigenvalue weighted by atomic mass is 16.3. The monoisotopic (exact) mass is 195 g/mol. The second-order valence-electron chi connectivity index (χ2n) is 3.84. The molecule has 0 aromatic rings. The Morgan fingerprint density at radius 3 is 2.43 bits per heavy atom. The van der Waals surface area contributed by atoms with E-state index < -0.39 is 0 Å². The molecule has 1 atom stereocenters. The summed E-state index contributed by atoms with van der Waals surface area (Å²) in [6, 6.07) is -0.148. The van der Waals surface area contributed by atoms with Crippen molar-refractivity contribution >= 4 is 5.91 Å². The summed E-state index contributed by atoms with van der Waals surface area (Å²) in [5.41, 5.74) is 0. The molecule has 1 aliphatic carbocycles. The zero-order chi connectivity index (χ0) is 10.6. The molecule has 0 saturated carbocycles. The number of carbonyl (C=O) groups is 1. The van der Waals surface area contributed by atoms with Gasteiger partial charge in [0.2, 0.25) is 5.91 Å². The summed E-state index contributed by atoms with van der Waals surface area (Å²) in [6.45, 7) is 3.94. The fraction of sp³-hybridized carbons (Fsp3) is 0.545. The Hall–Kier alpha value is -1.09. The van der Waals surface area contributed by atoms with Crippen LogP contribution in [0.2, 0.25) is 0 Å². The van der Waals surface area contributed by atoms with Gasteiger partial charge in [-0.2, -0.15) is 0 Å². The van der Waals surface area contributed by atoms with Crippen LogP contribution in [0.15, 0.2) is 24.3 Å². The molecule has 78 valence electrons. The topological polar surface area (TPSA) is 49.3 Å². The molecule has 1 rings (SSSR count). The van der Waals surface area contributed by atoms with Crippen molar-refractivity contribution in [1.29, 1.82) is 0 Å². The lowest BCUT2D eigenvalue weighted by molar-refractivity contribution is -0.123. The Morgan fingerprint density at radius 1 is 1.43 bits per heavy atom. The van der Waals surface area contributed by atoms with Crippen molar-refractivity contribution < 1.29 is 9.90 Å². The molecule has 0 aromatic carbocycles. The largest absolute Gasteiger partial charge is 0.394 e. The Morgan fingerprint density at radius 2 is 2.00 bits per heavy atom. The lowest BCUT2D eigenvalue weighted by Gasteiger charge is -2.21. The van der Waals surface area contributed by atoms with Gasteiger partial charge in [-0.05, 0) is 5.92 Å². The van der Waals surface area contributed by atoms with Crippen LogP contribution in [0.25, 0.3) is 0 Å². The highest BCUT2D eigenvalue weighted by Crippen LogP contribution is 2.10. The van der Waals surface area contributed by atoms with Crippen molar-refractivity contribution in [3.63, 3.8) is 0 Å². The number of allylic oxidation sites excluding steroid dienone is 2. The summed E-state index contributed by atoms with van der Waals surface area (Å²) in [6.07, 6.45) is 7.38. The van der Waals surface area contributed by atoms with Crippen LogP contribution in [-0.4, -0.2) is 23.7 Å². The first-order valence-electron chi connectivity index (χ1n) is 4.91. The van der Waals surface area contributed by atoms with E-state index >= 15 is 0 Å². The smallest absolute Gasteiger partial charge is 0.231 e. The highest BCUT2D eigenvalue weighted by molar-refractivity contribution is 5.83. The van der Waals surface area contributed by atoms with Crippen LogP contribution >= 0.6 is 0 Å². The maximum Gasteiger partial charge on any atom is 0.231 e. The molecule has 14 heavy (non-hydrogen) atoms. The standard InChI is InChI=1S/C11H17NO2/c1-8(2)10(7-13)12-11(14)9-5-3-4-6-9/h3-6,8-10,13H,7H2,1-2H3,(H,12,14). The van der Waals surface area contributed by atoms with Crippen molar-refractivity contribution in [3.8, 4) is 0 Å². The molecule has 0 fully saturated rings. The normalized spacial score (nSPS) is 17.7. The number of rotatable bonds is 4. The van der Waals surface area contributed by atoms with Gasteiger partial charge in [-0.15, -0.1) is 0 Å². The number of nitrogens with one attached hydrogen (secondary N) is 1. The minimum absolute atomic E-state index is 0.0104. The zero-order valence-electron chi connectivity index (χ0n) is 8.60. The van der Waals surface area contributed by atoms with E-state index in [2.05, 4.69) is 5.32 Å². The quantitative estimate of drug-likeness (QED) is 0.699. The summed E-state index contributed by atoms with van der Waals surface area (Å²) in [5, 5.41) is 11.9. The minimum atomic E-state index is -0.164. The van der Waals surface area contributed by atoms with Gasteiger partial charge in [-0.1, -0.05) is 38.2 Å². The van der Waals surface area contributed by atoms with Crippen molar-refractivity contribution in [2.24, 2.45) is 11.8 Å².